The van der Waals surface area contributed by atoms with Crippen molar-refractivity contribution in [2.75, 3.05) is 0 Å². The number of fused-ring (bicyclic) bond motifs is 1. The van der Waals surface area contributed by atoms with E-state index < -0.39 is 0 Å². The molecular weight excluding hydrogens is 300 g/mol. The fraction of sp³-hybridized carbons (Fsp3) is 0.316. The van der Waals surface area contributed by atoms with Crippen molar-refractivity contribution in [3.05, 3.63) is 52.7 Å². The lowest BCUT2D eigenvalue weighted by atomic mass is 9.85. The summed E-state index contributed by atoms with van der Waals surface area (Å²) in [6.07, 6.45) is 8.51. The fourth-order valence-corrected chi connectivity index (χ4v) is 3.46. The molecule has 0 atom stereocenters. The number of nitrogens with one attached hydrogen (secondary N) is 1. The molecule has 0 spiro atoms. The minimum Gasteiger partial charge on any atom is -0.308 e. The standard InChI is InChI=1S/C19H20N4O/c1-22-18-9-14(16-11-21-8-7-15(16)10-20)5-6-17(18)23(19(22)24)12-13-3-2-4-13/h5-11,13,20H,2-4,12H2,1H3. The summed E-state index contributed by atoms with van der Waals surface area (Å²) < 4.78 is 3.63. The SMILES string of the molecule is Cn1c(=O)n(CC2CCC2)c2ccc(-c3cnccc3C=N)cc21. The van der Waals surface area contributed by atoms with Crippen LogP contribution in [0.25, 0.3) is 22.2 Å². The maximum Gasteiger partial charge on any atom is 0.328 e. The third-order valence-electron chi connectivity index (χ3n) is 5.13. The Morgan fingerprint density at radius 1 is 1.29 bits per heavy atom. The number of aryl methyl sites for hydroxylation is 1. The zero-order valence-electron chi connectivity index (χ0n) is 13.7. The van der Waals surface area contributed by atoms with E-state index in [1.54, 1.807) is 17.0 Å². The first-order valence-corrected chi connectivity index (χ1v) is 8.33. The number of aromatic nitrogens is 3. The van der Waals surface area contributed by atoms with Crippen molar-refractivity contribution >= 4 is 17.2 Å². The normalized spacial score (nSPS) is 14.7. The van der Waals surface area contributed by atoms with Crippen LogP contribution in [0.5, 0.6) is 0 Å². The van der Waals surface area contributed by atoms with Crippen molar-refractivity contribution in [1.82, 2.24) is 14.1 Å². The number of imidazole rings is 1. The van der Waals surface area contributed by atoms with E-state index in [9.17, 15) is 4.79 Å². The van der Waals surface area contributed by atoms with Crippen molar-refractivity contribution < 1.29 is 0 Å². The molecule has 0 saturated heterocycles. The quantitative estimate of drug-likeness (QED) is 0.750. The monoisotopic (exact) mass is 320 g/mol. The third-order valence-corrected chi connectivity index (χ3v) is 5.13. The van der Waals surface area contributed by atoms with Gasteiger partial charge >= 0.3 is 5.69 Å². The van der Waals surface area contributed by atoms with Crippen LogP contribution in [0.15, 0.2) is 41.5 Å². The molecule has 0 bridgehead atoms. The maximum atomic E-state index is 12.6. The van der Waals surface area contributed by atoms with E-state index in [2.05, 4.69) is 4.98 Å². The molecule has 1 fully saturated rings. The number of hydrogen-bond donors (Lipinski definition) is 1. The van der Waals surface area contributed by atoms with E-state index >= 15 is 0 Å². The van der Waals surface area contributed by atoms with E-state index in [1.807, 2.05) is 35.9 Å². The zero-order chi connectivity index (χ0) is 16.7. The molecule has 1 aromatic carbocycles. The van der Waals surface area contributed by atoms with Gasteiger partial charge in [-0.3, -0.25) is 14.1 Å². The summed E-state index contributed by atoms with van der Waals surface area (Å²) in [6.45, 7) is 0.814. The van der Waals surface area contributed by atoms with Crippen LogP contribution in [-0.4, -0.2) is 20.3 Å². The van der Waals surface area contributed by atoms with Crippen molar-refractivity contribution in [2.45, 2.75) is 25.8 Å². The number of nitrogens with zero attached hydrogens (tertiary/aromatic N) is 3. The van der Waals surface area contributed by atoms with Gasteiger partial charge in [0.15, 0.2) is 0 Å². The Hall–Kier alpha value is -2.69. The van der Waals surface area contributed by atoms with Gasteiger partial charge in [-0.1, -0.05) is 12.5 Å². The summed E-state index contributed by atoms with van der Waals surface area (Å²) >= 11 is 0. The molecule has 4 rings (SSSR count). The Bertz CT molecular complexity index is 979. The van der Waals surface area contributed by atoms with Crippen LogP contribution < -0.4 is 5.69 Å². The van der Waals surface area contributed by atoms with E-state index in [-0.39, 0.29) is 5.69 Å². The van der Waals surface area contributed by atoms with Gasteiger partial charge in [0, 0.05) is 43.3 Å². The lowest BCUT2D eigenvalue weighted by molar-refractivity contribution is 0.276. The Balaban J connectivity index is 1.85. The van der Waals surface area contributed by atoms with Crippen LogP contribution in [0.4, 0.5) is 0 Å². The van der Waals surface area contributed by atoms with Gasteiger partial charge in [0.1, 0.15) is 0 Å². The van der Waals surface area contributed by atoms with Crippen molar-refractivity contribution in [3.8, 4) is 11.1 Å². The summed E-state index contributed by atoms with van der Waals surface area (Å²) in [5.74, 6) is 0.635. The predicted molar refractivity (Wildman–Crippen MR) is 95.6 cm³/mol. The molecule has 0 radical (unpaired) electrons. The van der Waals surface area contributed by atoms with Crippen LogP contribution in [0, 0.1) is 11.3 Å². The first-order chi connectivity index (χ1) is 11.7. The van der Waals surface area contributed by atoms with Gasteiger partial charge in [0.25, 0.3) is 0 Å². The van der Waals surface area contributed by atoms with Crippen molar-refractivity contribution in [3.63, 3.8) is 0 Å². The molecule has 2 aromatic heterocycles. The molecule has 3 aromatic rings. The van der Waals surface area contributed by atoms with E-state index in [0.29, 0.717) is 5.92 Å². The molecule has 0 unspecified atom stereocenters. The summed E-state index contributed by atoms with van der Waals surface area (Å²) in [5.41, 5.74) is 4.67. The van der Waals surface area contributed by atoms with E-state index in [4.69, 9.17) is 5.41 Å². The molecule has 1 aliphatic rings. The molecule has 1 aliphatic carbocycles. The number of hydrogen-bond acceptors (Lipinski definition) is 3. The first-order valence-electron chi connectivity index (χ1n) is 8.33. The molecule has 1 saturated carbocycles. The van der Waals surface area contributed by atoms with Gasteiger partial charge in [-0.15, -0.1) is 0 Å². The number of rotatable bonds is 4. The summed E-state index contributed by atoms with van der Waals surface area (Å²) in [4.78, 5) is 16.8. The van der Waals surface area contributed by atoms with Crippen molar-refractivity contribution in [1.29, 1.82) is 5.41 Å². The largest absolute Gasteiger partial charge is 0.328 e. The minimum atomic E-state index is 0.0486. The molecule has 0 aliphatic heterocycles. The average Bonchev–Trinajstić information content (AvgIpc) is 2.82. The molecule has 5 nitrogen and oxygen atoms in total. The van der Waals surface area contributed by atoms with Crippen LogP contribution in [-0.2, 0) is 13.6 Å². The first kappa shape index (κ1) is 14.9. The zero-order valence-corrected chi connectivity index (χ0v) is 13.7. The van der Waals surface area contributed by atoms with Crippen LogP contribution >= 0.6 is 0 Å². The van der Waals surface area contributed by atoms with Crippen LogP contribution in [0.2, 0.25) is 0 Å². The second-order valence-corrected chi connectivity index (χ2v) is 6.56. The average molecular weight is 320 g/mol. The lowest BCUT2D eigenvalue weighted by Gasteiger charge is -2.25. The van der Waals surface area contributed by atoms with Crippen LogP contribution in [0.3, 0.4) is 0 Å². The van der Waals surface area contributed by atoms with Gasteiger partial charge in [0.2, 0.25) is 0 Å². The van der Waals surface area contributed by atoms with Gasteiger partial charge in [-0.05, 0) is 42.5 Å². The smallest absolute Gasteiger partial charge is 0.308 e. The molecular formula is C19H20N4O. The molecule has 1 N–H and O–H groups in total. The second-order valence-electron chi connectivity index (χ2n) is 6.56. The van der Waals surface area contributed by atoms with Gasteiger partial charge < -0.3 is 5.41 Å². The van der Waals surface area contributed by atoms with E-state index in [1.165, 1.54) is 25.5 Å². The third kappa shape index (κ3) is 2.28. The highest BCUT2D eigenvalue weighted by atomic mass is 16.1. The van der Waals surface area contributed by atoms with E-state index in [0.717, 1.165) is 34.3 Å². The van der Waals surface area contributed by atoms with Gasteiger partial charge in [-0.2, -0.15) is 0 Å². The lowest BCUT2D eigenvalue weighted by Crippen LogP contribution is -2.27. The number of benzene rings is 1. The Labute approximate surface area is 140 Å². The van der Waals surface area contributed by atoms with Crippen LogP contribution in [0.1, 0.15) is 24.8 Å². The fourth-order valence-electron chi connectivity index (χ4n) is 3.46. The maximum absolute atomic E-state index is 12.6. The molecule has 0 amide bonds. The molecule has 2 heterocycles. The second kappa shape index (κ2) is 5.74. The highest BCUT2D eigenvalue weighted by Crippen LogP contribution is 2.30. The Morgan fingerprint density at radius 2 is 2.12 bits per heavy atom. The van der Waals surface area contributed by atoms with Crippen molar-refractivity contribution in [2.24, 2.45) is 13.0 Å². The summed E-state index contributed by atoms with van der Waals surface area (Å²) in [7, 11) is 1.83. The summed E-state index contributed by atoms with van der Waals surface area (Å²) in [6, 6.07) is 7.89. The Morgan fingerprint density at radius 3 is 2.83 bits per heavy atom. The minimum absolute atomic E-state index is 0.0486. The summed E-state index contributed by atoms with van der Waals surface area (Å²) in [5, 5.41) is 7.57. The van der Waals surface area contributed by atoms with Gasteiger partial charge in [0.05, 0.1) is 11.0 Å². The molecule has 122 valence electrons. The highest BCUT2D eigenvalue weighted by Gasteiger charge is 2.21. The predicted octanol–water partition coefficient (Wildman–Crippen LogP) is 3.20. The Kier molecular flexibility index (Phi) is 3.56. The molecule has 24 heavy (non-hydrogen) atoms. The van der Waals surface area contributed by atoms with Gasteiger partial charge in [-0.25, -0.2) is 4.79 Å². The number of pyridine rings is 1. The topological polar surface area (TPSA) is 63.7 Å². The highest BCUT2D eigenvalue weighted by molar-refractivity contribution is 5.91. The molecule has 5 heteroatoms.